The minimum atomic E-state index is -4.96. The van der Waals surface area contributed by atoms with Crippen LogP contribution >= 0.6 is 31.7 Å². The Bertz CT molecular complexity index is 4750. The zero-order valence-corrected chi connectivity index (χ0v) is 56.5. The fourth-order valence-electron chi connectivity index (χ4n) is 15.2. The van der Waals surface area contributed by atoms with Crippen molar-refractivity contribution in [2.24, 2.45) is 0 Å². The third-order valence-electron chi connectivity index (χ3n) is 19.1. The Kier molecular flexibility index (Phi) is 16.7. The molecule has 2 aliphatic rings. The maximum Gasteiger partial charge on any atom is 0.179 e. The fraction of sp³-hybridized carbons (Fsp3) is 0.0455. The van der Waals surface area contributed by atoms with Crippen LogP contribution in [0.4, 0.5) is 0 Å². The van der Waals surface area contributed by atoms with Crippen LogP contribution in [0.5, 0.6) is 0 Å². The van der Waals surface area contributed by atoms with Gasteiger partial charge in [-0.05, 0) is 140 Å². The van der Waals surface area contributed by atoms with Gasteiger partial charge in [0.2, 0.25) is 0 Å². The summed E-state index contributed by atoms with van der Waals surface area (Å²) in [5.41, 5.74) is 6.01. The van der Waals surface area contributed by atoms with E-state index in [1.807, 2.05) is 0 Å². The molecule has 7 heteroatoms. The van der Waals surface area contributed by atoms with Gasteiger partial charge in [-0.15, -0.1) is 0 Å². The molecular formula is C88H66O2P4S. The Morgan fingerprint density at radius 2 is 0.505 bits per heavy atom. The molecule has 4 unspecified atom stereocenters. The van der Waals surface area contributed by atoms with Gasteiger partial charge in [-0.25, -0.2) is 8.42 Å². The topological polar surface area (TPSA) is 34.1 Å². The number of benzene rings is 14. The largest absolute Gasteiger partial charge is 0.226 e. The molecular weight excluding hydrogens is 1240 g/mol. The van der Waals surface area contributed by atoms with Crippen LogP contribution < -0.4 is 53.0 Å². The maximum absolute atomic E-state index is 20.8. The van der Waals surface area contributed by atoms with Crippen LogP contribution in [0.15, 0.2) is 376 Å². The monoisotopic (exact) mass is 1310 g/mol. The Morgan fingerprint density at radius 3 is 0.811 bits per heavy atom. The lowest BCUT2D eigenvalue weighted by molar-refractivity contribution is 0.550. The van der Waals surface area contributed by atoms with E-state index in [-0.39, 0.29) is 0 Å². The first-order valence-corrected chi connectivity index (χ1v) is 39.2. The molecule has 0 radical (unpaired) electrons. The van der Waals surface area contributed by atoms with Gasteiger partial charge in [0.25, 0.3) is 0 Å². The zero-order chi connectivity index (χ0) is 63.8. The van der Waals surface area contributed by atoms with E-state index in [9.17, 15) is 0 Å². The molecule has 2 nitrogen and oxygen atoms in total. The predicted molar refractivity (Wildman–Crippen MR) is 412 cm³/mol. The molecule has 0 bridgehead atoms. The molecule has 456 valence electrons. The second kappa shape index (κ2) is 26.2. The lowest BCUT2D eigenvalue weighted by atomic mass is 9.79. The van der Waals surface area contributed by atoms with Gasteiger partial charge in [0.05, 0.1) is 0 Å². The van der Waals surface area contributed by atoms with Gasteiger partial charge in [0, 0.05) is 11.8 Å². The van der Waals surface area contributed by atoms with E-state index in [0.717, 1.165) is 86.8 Å². The number of sulfone groups is 1. The standard InChI is InChI=1S/C88H66O2P4S/c89-95(90,87(93(73-45-17-5-18-46-73)74-47-19-6-20-48-74)63-61-67-35-27-31-55-79(67)85(87)83-77-53-29-25-33-65(77)57-59-81(83)91(69-37-9-1-10-38-69)70-39-11-2-12-40-70)88(94(75-49-21-7-22-50-75)76-51-23-8-24-52-76)64-62-68-36-28-32-56-80(68)86(88)84-78-54-30-26-34-66(78)58-60-82(84)92(71-41-13-3-14-42-71)72-43-15-4-16-44-72/h1-64,85-86H. The van der Waals surface area contributed by atoms with Crippen LogP contribution in [-0.2, 0) is 9.84 Å². The van der Waals surface area contributed by atoms with Gasteiger partial charge in [0.15, 0.2) is 9.84 Å². The number of hydrogen-bond donors (Lipinski definition) is 0. The summed E-state index contributed by atoms with van der Waals surface area (Å²) < 4.78 is 38.0. The molecule has 95 heavy (non-hydrogen) atoms. The minimum Gasteiger partial charge on any atom is -0.226 e. The van der Waals surface area contributed by atoms with E-state index in [4.69, 9.17) is 0 Å². The number of hydrogen-bond acceptors (Lipinski definition) is 2. The van der Waals surface area contributed by atoms with E-state index < -0.39 is 62.3 Å². The van der Waals surface area contributed by atoms with Crippen LogP contribution in [0.2, 0.25) is 0 Å². The third kappa shape index (κ3) is 10.5. The molecule has 16 rings (SSSR count). The highest BCUT2D eigenvalue weighted by Crippen LogP contribution is 2.73. The Balaban J connectivity index is 1.15. The summed E-state index contributed by atoms with van der Waals surface area (Å²) in [5.74, 6) is -1.66. The minimum absolute atomic E-state index is 0.831. The lowest BCUT2D eigenvalue weighted by Gasteiger charge is -2.56. The molecule has 0 saturated carbocycles. The van der Waals surface area contributed by atoms with Crippen molar-refractivity contribution >= 4 is 128 Å². The second-order valence-electron chi connectivity index (χ2n) is 24.3. The molecule has 2 aliphatic carbocycles. The molecule has 4 atom stereocenters. The van der Waals surface area contributed by atoms with E-state index in [1.165, 1.54) is 21.2 Å². The molecule has 0 spiro atoms. The van der Waals surface area contributed by atoms with E-state index >= 15 is 8.42 Å². The molecule has 14 aromatic rings. The SMILES string of the molecule is O=S(=O)(C1(P(c2ccccc2)c2ccccc2)C=Cc2ccccc2C1c1c(P(c2ccccc2)c2ccccc2)ccc2ccccc12)C1(P(c2ccccc2)c2ccccc2)C=Cc2ccccc2C1c1c(P(c2ccccc2)c2ccccc2)ccc2ccccc12. The molecule has 0 N–H and O–H groups in total. The zero-order valence-electron chi connectivity index (χ0n) is 52.1. The summed E-state index contributed by atoms with van der Waals surface area (Å²) in [6, 6.07) is 131. The summed E-state index contributed by atoms with van der Waals surface area (Å²) >= 11 is 0. The summed E-state index contributed by atoms with van der Waals surface area (Å²) in [4.78, 5) is 0. The van der Waals surface area contributed by atoms with Crippen LogP contribution in [0.3, 0.4) is 0 Å². The maximum atomic E-state index is 20.8. The molecule has 0 saturated heterocycles. The van der Waals surface area contributed by atoms with Crippen molar-refractivity contribution in [3.05, 3.63) is 410 Å². The lowest BCUT2D eigenvalue weighted by Crippen LogP contribution is -2.59. The van der Waals surface area contributed by atoms with Crippen molar-refractivity contribution in [3.8, 4) is 0 Å². The van der Waals surface area contributed by atoms with E-state index in [1.54, 1.807) is 0 Å². The summed E-state index contributed by atoms with van der Waals surface area (Å²) in [6.45, 7) is 0. The highest BCUT2D eigenvalue weighted by molar-refractivity contribution is 8.10. The first kappa shape index (κ1) is 60.7. The molecule has 0 heterocycles. The molecule has 0 aliphatic heterocycles. The van der Waals surface area contributed by atoms with Crippen molar-refractivity contribution in [1.29, 1.82) is 0 Å². The van der Waals surface area contributed by atoms with Gasteiger partial charge in [0.1, 0.15) is 8.98 Å². The predicted octanol–water partition coefficient (Wildman–Crippen LogP) is 17.6. The summed E-state index contributed by atoms with van der Waals surface area (Å²) in [6.07, 6.45) is 8.91. The number of rotatable bonds is 16. The smallest absolute Gasteiger partial charge is 0.179 e. The molecule has 0 fully saturated rings. The van der Waals surface area contributed by atoms with Crippen LogP contribution in [0.1, 0.15) is 45.2 Å². The summed E-state index contributed by atoms with van der Waals surface area (Å²) in [7, 11) is -11.7. The Hall–Kier alpha value is -9.25. The second-order valence-corrected chi connectivity index (χ2v) is 36.5. The quantitative estimate of drug-likeness (QED) is 0.0904. The average Bonchev–Trinajstić information content (AvgIpc) is 0.664. The highest BCUT2D eigenvalue weighted by Gasteiger charge is 2.69. The summed E-state index contributed by atoms with van der Waals surface area (Å²) in [5, 5.41) is 15.0. The van der Waals surface area contributed by atoms with E-state index in [0.29, 0.717) is 0 Å². The molecule has 14 aromatic carbocycles. The van der Waals surface area contributed by atoms with Crippen molar-refractivity contribution in [2.75, 3.05) is 0 Å². The van der Waals surface area contributed by atoms with Crippen molar-refractivity contribution < 1.29 is 8.42 Å². The number of fused-ring (bicyclic) bond motifs is 4. The van der Waals surface area contributed by atoms with Gasteiger partial charge in [-0.2, -0.15) is 0 Å². The van der Waals surface area contributed by atoms with Crippen molar-refractivity contribution in [1.82, 2.24) is 0 Å². The first-order chi connectivity index (χ1) is 46.9. The van der Waals surface area contributed by atoms with Gasteiger partial charge < -0.3 is 0 Å². The van der Waals surface area contributed by atoms with Gasteiger partial charge in [-0.3, -0.25) is 0 Å². The third-order valence-corrected chi connectivity index (χ3v) is 34.5. The Morgan fingerprint density at radius 1 is 0.253 bits per heavy atom. The van der Waals surface area contributed by atoms with E-state index in [2.05, 4.69) is 388 Å². The fourth-order valence-corrected chi connectivity index (χ4v) is 32.2. The van der Waals surface area contributed by atoms with Gasteiger partial charge in [-0.1, -0.05) is 388 Å². The van der Waals surface area contributed by atoms with Crippen molar-refractivity contribution in [3.63, 3.8) is 0 Å². The van der Waals surface area contributed by atoms with Crippen LogP contribution in [-0.4, -0.2) is 17.4 Å². The van der Waals surface area contributed by atoms with Gasteiger partial charge >= 0.3 is 0 Å². The molecule has 0 aromatic heterocycles. The normalized spacial score (nSPS) is 17.5. The first-order valence-electron chi connectivity index (χ1n) is 32.4. The Labute approximate surface area is 563 Å². The highest BCUT2D eigenvalue weighted by atomic mass is 32.2. The molecule has 0 amide bonds. The van der Waals surface area contributed by atoms with Crippen LogP contribution in [0.25, 0.3) is 33.7 Å². The van der Waals surface area contributed by atoms with Crippen LogP contribution in [0, 0.1) is 0 Å². The van der Waals surface area contributed by atoms with Crippen molar-refractivity contribution in [2.45, 2.75) is 20.8 Å². The average molecular weight is 1310 g/mol.